The molecule has 0 bridgehead atoms. The Morgan fingerprint density at radius 3 is 1.33 bits per heavy atom. The molecule has 0 aliphatic rings. The van der Waals surface area contributed by atoms with Crippen LogP contribution in [0.2, 0.25) is 0 Å². The van der Waals surface area contributed by atoms with Crippen molar-refractivity contribution in [2.75, 3.05) is 0 Å². The second kappa shape index (κ2) is 10.1. The molecule has 24 valence electrons. The van der Waals surface area contributed by atoms with Crippen LogP contribution in [0.15, 0.2) is 0 Å². The predicted molar refractivity (Wildman–Crippen MR) is 0.686 cm³/mol. The zero-order chi connectivity index (χ0) is 3.58. The van der Waals surface area contributed by atoms with Crippen LogP contribution in [0, 0.1) is 0 Å². The van der Waals surface area contributed by atoms with Crippen molar-refractivity contribution < 1.29 is 77.7 Å². The maximum absolute atomic E-state index is 8.58. The van der Waals surface area contributed by atoms with Gasteiger partial charge in [-0.1, -0.05) is 0 Å². The van der Waals surface area contributed by atoms with Crippen LogP contribution >= 0.6 is 0 Å². The van der Waals surface area contributed by atoms with E-state index in [4.69, 9.17) is 10.7 Å². The summed E-state index contributed by atoms with van der Waals surface area (Å²) >= 11 is -4.08. The van der Waals surface area contributed by atoms with Gasteiger partial charge in [-0.2, -0.15) is 0 Å². The summed E-state index contributed by atoms with van der Waals surface area (Å²) in [5.41, 5.74) is 0. The van der Waals surface area contributed by atoms with Gasteiger partial charge in [-0.05, 0) is 0 Å². The zero-order valence-electron chi connectivity index (χ0n) is 3.72. The molecule has 0 saturated carbocycles. The van der Waals surface area contributed by atoms with E-state index in [0.717, 1.165) is 0 Å². The third kappa shape index (κ3) is 37.0. The first-order valence-corrected chi connectivity index (χ1v) is 2.52. The van der Waals surface area contributed by atoms with E-state index in [-0.39, 0.29) is 48.4 Å². The number of hydrogen-bond donors (Lipinski definition) is 0. The van der Waals surface area contributed by atoms with E-state index in [0.29, 0.717) is 0 Å². The van der Waals surface area contributed by atoms with E-state index < -0.39 is 18.6 Å². The minimum atomic E-state index is -4.08. The van der Waals surface area contributed by atoms with Gasteiger partial charge in [0.1, 0.15) is 0 Å². The molecule has 0 N–H and O–H groups in total. The van der Waals surface area contributed by atoms with E-state index >= 15 is 0 Å². The van der Waals surface area contributed by atoms with Gasteiger partial charge in [0.15, 0.2) is 0 Å². The quantitative estimate of drug-likeness (QED) is 0.302. The van der Waals surface area contributed by atoms with E-state index in [1.54, 1.807) is 0 Å². The summed E-state index contributed by atoms with van der Waals surface area (Å²) in [6, 6.07) is 0. The molecule has 0 atom stereocenters. The van der Waals surface area contributed by atoms with Crippen LogP contribution in [0.1, 0.15) is 0 Å². The van der Waals surface area contributed by atoms with Gasteiger partial charge in [-0.15, -0.1) is 0 Å². The van der Waals surface area contributed by atoms with Crippen molar-refractivity contribution in [3.05, 3.63) is 0 Å². The molecule has 0 radical (unpaired) electrons. The summed E-state index contributed by atoms with van der Waals surface area (Å²) in [5.74, 6) is 0. The molecule has 6 heteroatoms. The Balaban J connectivity index is -0.0000000450. The molecule has 0 aromatic rings. The Hall–Kier alpha value is 2.03. The van der Waals surface area contributed by atoms with Gasteiger partial charge in [0.25, 0.3) is 0 Å². The van der Waals surface area contributed by atoms with Crippen LogP contribution in [0.3, 0.4) is 0 Å². The van der Waals surface area contributed by atoms with Crippen molar-refractivity contribution in [3.8, 4) is 0 Å². The van der Waals surface area contributed by atoms with Crippen molar-refractivity contribution in [1.82, 2.24) is 0 Å². The second-order valence-corrected chi connectivity index (χ2v) is 1.03. The summed E-state index contributed by atoms with van der Waals surface area (Å²) in [6.45, 7) is 0. The van der Waals surface area contributed by atoms with Gasteiger partial charge in [-0.25, -0.2) is 0 Å². The monoisotopic (exact) mass is 126 g/mol. The van der Waals surface area contributed by atoms with E-state index in [9.17, 15) is 0 Å². The number of rotatable bonds is 0. The van der Waals surface area contributed by atoms with Crippen molar-refractivity contribution in [3.63, 3.8) is 0 Å². The normalized spacial score (nSPS) is 4.33. The van der Waals surface area contributed by atoms with Gasteiger partial charge in [0.05, 0.1) is 0 Å². The Labute approximate surface area is 76.7 Å². The fourth-order valence-electron chi connectivity index (χ4n) is 0. The van der Waals surface area contributed by atoms with Crippen molar-refractivity contribution in [1.29, 1.82) is 0 Å². The third-order valence-corrected chi connectivity index (χ3v) is 0. The molecule has 0 fully saturated rings. The summed E-state index contributed by atoms with van der Waals surface area (Å²) in [6.07, 6.45) is 0. The molecule has 0 aliphatic heterocycles. The molecule has 0 amide bonds. The van der Waals surface area contributed by atoms with Crippen LogP contribution in [-0.2, 0) is 21.9 Å². The predicted octanol–water partition coefficient (Wildman–Crippen LogP) is -8.49. The van der Waals surface area contributed by atoms with Gasteiger partial charge in [0.2, 0.25) is 0 Å². The van der Waals surface area contributed by atoms with Crippen LogP contribution in [0.4, 0.5) is 0 Å². The molecule has 0 heterocycles. The van der Waals surface area contributed by atoms with Crippen molar-refractivity contribution in [2.24, 2.45) is 0 Å². The van der Waals surface area contributed by atoms with Crippen LogP contribution in [0.25, 0.3) is 0 Å². The first-order chi connectivity index (χ1) is 1.73. The fourth-order valence-corrected chi connectivity index (χ4v) is 0. The molecule has 0 aliphatic carbocycles. The molecule has 0 aromatic heterocycles. The van der Waals surface area contributed by atoms with Crippen LogP contribution in [-0.4, -0.2) is 0 Å². The Morgan fingerprint density at radius 2 is 1.33 bits per heavy atom. The molecular formula is LiNaO3Ti. The molecule has 6 heavy (non-hydrogen) atoms. The van der Waals surface area contributed by atoms with Gasteiger partial charge in [-0.3, -0.25) is 0 Å². The summed E-state index contributed by atoms with van der Waals surface area (Å²) < 4.78 is 25.8. The fraction of sp³-hybridized carbons (Fsp3) is 0. The first kappa shape index (κ1) is 15.7. The molecule has 0 saturated heterocycles. The number of hydrogen-bond acceptors (Lipinski definition) is 3. The molecule has 3 nitrogen and oxygen atoms in total. The van der Waals surface area contributed by atoms with Gasteiger partial charge in [0, 0.05) is 0 Å². The third-order valence-electron chi connectivity index (χ3n) is 0. The van der Waals surface area contributed by atoms with Crippen LogP contribution < -0.4 is 55.8 Å². The molecule has 0 spiro atoms. The van der Waals surface area contributed by atoms with Crippen molar-refractivity contribution in [2.45, 2.75) is 0 Å². The zero-order valence-corrected chi connectivity index (χ0v) is 7.29. The SMILES string of the molecule is [Li+].[Na+].[O]=[Ti]([O-])[O-]. The van der Waals surface area contributed by atoms with E-state index in [2.05, 4.69) is 0 Å². The summed E-state index contributed by atoms with van der Waals surface area (Å²) in [4.78, 5) is 0. The van der Waals surface area contributed by atoms with Gasteiger partial charge >= 0.3 is 77.7 Å². The minimum absolute atomic E-state index is 0. The average molecular weight is 126 g/mol. The Bertz CT molecular complexity index is 33.8. The molecule has 0 aromatic carbocycles. The molecule has 0 rings (SSSR count). The van der Waals surface area contributed by atoms with Crippen LogP contribution in [0.5, 0.6) is 0 Å². The average Bonchev–Trinajstić information content (AvgIpc) is 0.811. The van der Waals surface area contributed by atoms with E-state index in [1.165, 1.54) is 0 Å². The molecule has 0 unspecified atom stereocenters. The van der Waals surface area contributed by atoms with E-state index in [1.807, 2.05) is 0 Å². The first-order valence-electron chi connectivity index (χ1n) is 0.612. The maximum atomic E-state index is 8.58. The topological polar surface area (TPSA) is 63.2 Å². The summed E-state index contributed by atoms with van der Waals surface area (Å²) in [5, 5.41) is 0. The van der Waals surface area contributed by atoms with Gasteiger partial charge < -0.3 is 0 Å². The molecular weight excluding hydrogens is 126 g/mol. The second-order valence-electron chi connectivity index (χ2n) is 0.250. The Kier molecular flexibility index (Phi) is 26.4. The summed E-state index contributed by atoms with van der Waals surface area (Å²) in [7, 11) is 0. The standard InChI is InChI=1S/Li.Na.3O.Ti/q2*+1;;2*-1;. The Morgan fingerprint density at radius 1 is 1.33 bits per heavy atom. The van der Waals surface area contributed by atoms with Crippen molar-refractivity contribution >= 4 is 0 Å².